The lowest BCUT2D eigenvalue weighted by atomic mass is 10.1. The van der Waals surface area contributed by atoms with Crippen LogP contribution in [-0.2, 0) is 16.1 Å². The molecule has 1 saturated heterocycles. The molecule has 1 atom stereocenters. The molecule has 1 aliphatic heterocycles. The summed E-state index contributed by atoms with van der Waals surface area (Å²) in [6.07, 6.45) is 1.76. The van der Waals surface area contributed by atoms with Crippen molar-refractivity contribution in [2.75, 3.05) is 6.54 Å². The van der Waals surface area contributed by atoms with Crippen LogP contribution in [0.25, 0.3) is 0 Å². The van der Waals surface area contributed by atoms with E-state index in [0.29, 0.717) is 12.2 Å². The van der Waals surface area contributed by atoms with Crippen LogP contribution in [0.15, 0.2) is 10.9 Å². The zero-order valence-corrected chi connectivity index (χ0v) is 8.84. The molecule has 1 aliphatic rings. The van der Waals surface area contributed by atoms with Crippen LogP contribution >= 0.6 is 0 Å². The number of carbonyl (C=O) groups is 2. The number of nitrogens with zero attached hydrogens (tertiary/aromatic N) is 3. The molecule has 1 aromatic rings. The molecule has 1 unspecified atom stereocenters. The normalized spacial score (nSPS) is 21.1. The van der Waals surface area contributed by atoms with Crippen LogP contribution < -0.4 is 5.32 Å². The van der Waals surface area contributed by atoms with Gasteiger partial charge >= 0.3 is 0 Å². The Kier molecular flexibility index (Phi) is 2.84. The van der Waals surface area contributed by atoms with E-state index in [1.54, 1.807) is 0 Å². The summed E-state index contributed by atoms with van der Waals surface area (Å²) in [4.78, 5) is 28.5. The molecule has 0 aliphatic carbocycles. The molecule has 16 heavy (non-hydrogen) atoms. The highest BCUT2D eigenvalue weighted by Gasteiger charge is 2.33. The number of piperazine rings is 1. The number of rotatable bonds is 3. The van der Waals surface area contributed by atoms with Crippen molar-refractivity contribution in [2.24, 2.45) is 0 Å². The standard InChI is InChI=1S/C9H12N4O3/c1-2-6-9(15)10-3-8(14)13(6)4-7-11-5-16-12-7/h5-6H,2-4H2,1H3,(H,10,15). The Hall–Kier alpha value is -1.92. The van der Waals surface area contributed by atoms with Gasteiger partial charge in [-0.25, -0.2) is 0 Å². The van der Waals surface area contributed by atoms with Gasteiger partial charge in [0.2, 0.25) is 18.2 Å². The maximum atomic E-state index is 11.7. The van der Waals surface area contributed by atoms with Crippen molar-refractivity contribution >= 4 is 11.8 Å². The second-order valence-electron chi connectivity index (χ2n) is 3.51. The molecule has 0 aromatic carbocycles. The van der Waals surface area contributed by atoms with E-state index in [1.165, 1.54) is 11.3 Å². The minimum Gasteiger partial charge on any atom is -0.345 e. The van der Waals surface area contributed by atoms with E-state index in [2.05, 4.69) is 20.0 Å². The van der Waals surface area contributed by atoms with E-state index in [4.69, 9.17) is 0 Å². The third kappa shape index (κ3) is 1.88. The van der Waals surface area contributed by atoms with Crippen LogP contribution in [0.3, 0.4) is 0 Å². The van der Waals surface area contributed by atoms with Gasteiger partial charge in [0.15, 0.2) is 5.82 Å². The third-order valence-electron chi connectivity index (χ3n) is 2.52. The van der Waals surface area contributed by atoms with Gasteiger partial charge in [0.05, 0.1) is 13.1 Å². The van der Waals surface area contributed by atoms with Crippen molar-refractivity contribution in [3.8, 4) is 0 Å². The maximum absolute atomic E-state index is 11.7. The monoisotopic (exact) mass is 224 g/mol. The van der Waals surface area contributed by atoms with Crippen molar-refractivity contribution in [3.05, 3.63) is 12.2 Å². The van der Waals surface area contributed by atoms with E-state index in [-0.39, 0.29) is 24.9 Å². The van der Waals surface area contributed by atoms with Crippen molar-refractivity contribution < 1.29 is 14.1 Å². The predicted octanol–water partition coefficient (Wildman–Crippen LogP) is -0.693. The average Bonchev–Trinajstić information content (AvgIpc) is 2.77. The quantitative estimate of drug-likeness (QED) is 0.733. The fourth-order valence-electron chi connectivity index (χ4n) is 1.72. The minimum atomic E-state index is -0.445. The average molecular weight is 224 g/mol. The molecule has 7 nitrogen and oxygen atoms in total. The maximum Gasteiger partial charge on any atom is 0.243 e. The summed E-state index contributed by atoms with van der Waals surface area (Å²) in [6, 6.07) is -0.445. The van der Waals surface area contributed by atoms with Gasteiger partial charge in [0.25, 0.3) is 0 Å². The molecule has 1 aromatic heterocycles. The molecule has 0 radical (unpaired) electrons. The van der Waals surface area contributed by atoms with Crippen molar-refractivity contribution in [1.29, 1.82) is 0 Å². The SMILES string of the molecule is CCC1C(=O)NCC(=O)N1Cc1ncon1. The lowest BCUT2D eigenvalue weighted by molar-refractivity contribution is -0.146. The Morgan fingerprint density at radius 3 is 3.06 bits per heavy atom. The molecule has 2 amide bonds. The molecule has 2 rings (SSSR count). The zero-order chi connectivity index (χ0) is 11.5. The smallest absolute Gasteiger partial charge is 0.243 e. The topological polar surface area (TPSA) is 88.3 Å². The Balaban J connectivity index is 2.15. The Labute approximate surface area is 91.8 Å². The molecule has 1 N–H and O–H groups in total. The molecule has 2 heterocycles. The van der Waals surface area contributed by atoms with Crippen LogP contribution in [0.4, 0.5) is 0 Å². The van der Waals surface area contributed by atoms with Crippen molar-refractivity contribution in [1.82, 2.24) is 20.4 Å². The van der Waals surface area contributed by atoms with E-state index in [1.807, 2.05) is 6.92 Å². The highest BCUT2D eigenvalue weighted by molar-refractivity contribution is 5.94. The Bertz CT molecular complexity index is 389. The van der Waals surface area contributed by atoms with E-state index in [9.17, 15) is 9.59 Å². The molecule has 0 saturated carbocycles. The third-order valence-corrected chi connectivity index (χ3v) is 2.52. The van der Waals surface area contributed by atoms with Gasteiger partial charge in [0, 0.05) is 0 Å². The summed E-state index contributed by atoms with van der Waals surface area (Å²) in [5.41, 5.74) is 0. The van der Waals surface area contributed by atoms with Crippen molar-refractivity contribution in [3.63, 3.8) is 0 Å². The number of nitrogens with one attached hydrogen (secondary N) is 1. The van der Waals surface area contributed by atoms with Gasteiger partial charge in [-0.2, -0.15) is 4.98 Å². The lowest BCUT2D eigenvalue weighted by Crippen LogP contribution is -2.57. The van der Waals surface area contributed by atoms with Crippen LogP contribution in [0.2, 0.25) is 0 Å². The van der Waals surface area contributed by atoms with Crippen LogP contribution in [0.1, 0.15) is 19.2 Å². The molecular weight excluding hydrogens is 212 g/mol. The summed E-state index contributed by atoms with van der Waals surface area (Å²) in [7, 11) is 0. The van der Waals surface area contributed by atoms with Gasteiger partial charge in [-0.3, -0.25) is 9.59 Å². The number of amides is 2. The Morgan fingerprint density at radius 2 is 2.44 bits per heavy atom. The van der Waals surface area contributed by atoms with E-state index >= 15 is 0 Å². The first-order chi connectivity index (χ1) is 7.72. The zero-order valence-electron chi connectivity index (χ0n) is 8.84. The van der Waals surface area contributed by atoms with E-state index < -0.39 is 6.04 Å². The number of hydrogen-bond donors (Lipinski definition) is 1. The first-order valence-corrected chi connectivity index (χ1v) is 5.04. The second-order valence-corrected chi connectivity index (χ2v) is 3.51. The van der Waals surface area contributed by atoms with Crippen molar-refractivity contribution in [2.45, 2.75) is 25.9 Å². The molecule has 0 spiro atoms. The largest absolute Gasteiger partial charge is 0.345 e. The summed E-state index contributed by atoms with van der Waals surface area (Å²) in [5.74, 6) is 0.142. The number of hydrogen-bond acceptors (Lipinski definition) is 5. The van der Waals surface area contributed by atoms with Crippen LogP contribution in [0.5, 0.6) is 0 Å². The highest BCUT2D eigenvalue weighted by Crippen LogP contribution is 2.12. The molecular formula is C9H12N4O3. The first kappa shape index (κ1) is 10.6. The summed E-state index contributed by atoms with van der Waals surface area (Å²) < 4.78 is 4.59. The van der Waals surface area contributed by atoms with Gasteiger partial charge in [-0.1, -0.05) is 12.1 Å². The Morgan fingerprint density at radius 1 is 1.62 bits per heavy atom. The predicted molar refractivity (Wildman–Crippen MR) is 51.9 cm³/mol. The molecule has 86 valence electrons. The first-order valence-electron chi connectivity index (χ1n) is 5.04. The molecule has 7 heteroatoms. The minimum absolute atomic E-state index is 0.0349. The summed E-state index contributed by atoms with van der Waals surface area (Å²) in [6.45, 7) is 2.10. The van der Waals surface area contributed by atoms with Crippen LogP contribution in [0, 0.1) is 0 Å². The molecule has 0 bridgehead atoms. The van der Waals surface area contributed by atoms with Crippen LogP contribution in [-0.4, -0.2) is 39.4 Å². The highest BCUT2D eigenvalue weighted by atomic mass is 16.5. The lowest BCUT2D eigenvalue weighted by Gasteiger charge is -2.33. The molecule has 1 fully saturated rings. The fourth-order valence-corrected chi connectivity index (χ4v) is 1.72. The fraction of sp³-hybridized carbons (Fsp3) is 0.556. The van der Waals surface area contributed by atoms with E-state index in [0.717, 1.165) is 0 Å². The van der Waals surface area contributed by atoms with Gasteiger partial charge in [0.1, 0.15) is 6.04 Å². The van der Waals surface area contributed by atoms with Gasteiger partial charge in [-0.15, -0.1) is 0 Å². The summed E-state index contributed by atoms with van der Waals surface area (Å²) >= 11 is 0. The number of aromatic nitrogens is 2. The van der Waals surface area contributed by atoms with Gasteiger partial charge in [-0.05, 0) is 6.42 Å². The van der Waals surface area contributed by atoms with Gasteiger partial charge < -0.3 is 14.7 Å². The summed E-state index contributed by atoms with van der Waals surface area (Å²) in [5, 5.41) is 6.17. The second kappa shape index (κ2) is 4.30. The number of carbonyl (C=O) groups excluding carboxylic acids is 2.